The van der Waals surface area contributed by atoms with Crippen molar-refractivity contribution in [1.29, 1.82) is 0 Å². The molecule has 0 heterocycles. The van der Waals surface area contributed by atoms with Crippen LogP contribution in [0.25, 0.3) is 0 Å². The molecule has 3 nitrogen and oxygen atoms in total. The monoisotopic (exact) mass is 284 g/mol. The Kier molecular flexibility index (Phi) is 4.11. The number of benzene rings is 1. The summed E-state index contributed by atoms with van der Waals surface area (Å²) in [6, 6.07) is 4.06. The van der Waals surface area contributed by atoms with E-state index in [1.165, 1.54) is 18.2 Å². The van der Waals surface area contributed by atoms with E-state index in [0.717, 1.165) is 12.8 Å². The van der Waals surface area contributed by atoms with Gasteiger partial charge in [-0.25, -0.2) is 4.39 Å². The molecule has 2 rings (SSSR count). The molecule has 2 atom stereocenters. The molecule has 1 aliphatic rings. The third-order valence-corrected chi connectivity index (χ3v) is 3.90. The van der Waals surface area contributed by atoms with Crippen molar-refractivity contribution < 1.29 is 9.18 Å². The average molecular weight is 285 g/mol. The first-order valence-electron chi connectivity index (χ1n) is 6.46. The van der Waals surface area contributed by atoms with E-state index in [-0.39, 0.29) is 11.6 Å². The topological polar surface area (TPSA) is 55.1 Å². The third-order valence-electron chi connectivity index (χ3n) is 3.66. The smallest absolute Gasteiger partial charge is 0.244 e. The lowest BCUT2D eigenvalue weighted by molar-refractivity contribution is -0.122. The molecule has 3 N–H and O–H groups in total. The number of halogens is 2. The fraction of sp³-hybridized carbons (Fsp3) is 0.500. The average Bonchev–Trinajstić information content (AvgIpc) is 2.33. The predicted octanol–water partition coefficient (Wildman–Crippen LogP) is 3.33. The van der Waals surface area contributed by atoms with Crippen LogP contribution < -0.4 is 11.1 Å². The second-order valence-electron chi connectivity index (χ2n) is 5.44. The molecular formula is C14H18ClFN2O. The van der Waals surface area contributed by atoms with Crippen LogP contribution in [0.1, 0.15) is 32.6 Å². The van der Waals surface area contributed by atoms with Gasteiger partial charge >= 0.3 is 0 Å². The number of nitrogens with one attached hydrogen (secondary N) is 1. The Balaban J connectivity index is 2.14. The standard InChI is InChI=1S/C14H18ClFN2O/c1-9-3-2-6-14(17,8-9)13(19)18-12-7-10(15)4-5-11(12)16/h4-5,7,9H,2-3,6,8,17H2,1H3,(H,18,19). The summed E-state index contributed by atoms with van der Waals surface area (Å²) < 4.78 is 13.6. The van der Waals surface area contributed by atoms with Crippen LogP contribution in [-0.2, 0) is 4.79 Å². The zero-order chi connectivity index (χ0) is 14.0. The first-order chi connectivity index (χ1) is 8.90. The molecule has 0 spiro atoms. The molecule has 2 unspecified atom stereocenters. The minimum atomic E-state index is -0.910. The Bertz CT molecular complexity index is 494. The number of amides is 1. The summed E-state index contributed by atoms with van der Waals surface area (Å²) >= 11 is 5.79. The van der Waals surface area contributed by atoms with Gasteiger partial charge in [-0.15, -0.1) is 0 Å². The molecule has 1 amide bonds. The summed E-state index contributed by atoms with van der Waals surface area (Å²) in [6.07, 6.45) is 3.26. The number of hydrogen-bond acceptors (Lipinski definition) is 2. The summed E-state index contributed by atoms with van der Waals surface area (Å²) in [5.74, 6) is -0.431. The minimum absolute atomic E-state index is 0.0838. The van der Waals surface area contributed by atoms with Gasteiger partial charge in [0.05, 0.1) is 11.2 Å². The van der Waals surface area contributed by atoms with Crippen LogP contribution in [0.15, 0.2) is 18.2 Å². The van der Waals surface area contributed by atoms with Gasteiger partial charge in [0.25, 0.3) is 0 Å². The number of carbonyl (C=O) groups excluding carboxylic acids is 1. The van der Waals surface area contributed by atoms with Crippen LogP contribution in [-0.4, -0.2) is 11.4 Å². The lowest BCUT2D eigenvalue weighted by atomic mass is 9.76. The summed E-state index contributed by atoms with van der Waals surface area (Å²) in [6.45, 7) is 2.08. The molecule has 0 saturated heterocycles. The number of carbonyl (C=O) groups is 1. The van der Waals surface area contributed by atoms with E-state index in [1.807, 2.05) is 0 Å². The Labute approximate surface area is 117 Å². The second kappa shape index (κ2) is 5.47. The lowest BCUT2D eigenvalue weighted by Gasteiger charge is -2.35. The largest absolute Gasteiger partial charge is 0.322 e. The van der Waals surface area contributed by atoms with E-state index in [1.54, 1.807) is 0 Å². The number of hydrogen-bond donors (Lipinski definition) is 2. The Morgan fingerprint density at radius 1 is 1.58 bits per heavy atom. The minimum Gasteiger partial charge on any atom is -0.322 e. The molecule has 1 aliphatic carbocycles. The molecule has 1 saturated carbocycles. The molecule has 1 aromatic carbocycles. The van der Waals surface area contributed by atoms with Crippen LogP contribution in [0, 0.1) is 11.7 Å². The van der Waals surface area contributed by atoms with Crippen LogP contribution >= 0.6 is 11.6 Å². The number of rotatable bonds is 2. The predicted molar refractivity (Wildman–Crippen MR) is 74.6 cm³/mol. The number of nitrogens with two attached hydrogens (primary N) is 1. The van der Waals surface area contributed by atoms with Crippen molar-refractivity contribution in [3.63, 3.8) is 0 Å². The Morgan fingerprint density at radius 2 is 2.32 bits per heavy atom. The van der Waals surface area contributed by atoms with Crippen LogP contribution in [0.4, 0.5) is 10.1 Å². The summed E-state index contributed by atoms with van der Waals surface area (Å²) in [5, 5.41) is 2.93. The van der Waals surface area contributed by atoms with Crippen LogP contribution in [0.3, 0.4) is 0 Å². The van der Waals surface area contributed by atoms with Crippen molar-refractivity contribution in [3.8, 4) is 0 Å². The molecular weight excluding hydrogens is 267 g/mol. The van der Waals surface area contributed by atoms with Gasteiger partial charge in [0.1, 0.15) is 5.82 Å². The van der Waals surface area contributed by atoms with Gasteiger partial charge in [-0.2, -0.15) is 0 Å². The van der Waals surface area contributed by atoms with Gasteiger partial charge in [0.2, 0.25) is 5.91 Å². The first-order valence-corrected chi connectivity index (χ1v) is 6.84. The second-order valence-corrected chi connectivity index (χ2v) is 5.87. The van der Waals surface area contributed by atoms with E-state index >= 15 is 0 Å². The zero-order valence-corrected chi connectivity index (χ0v) is 11.6. The highest BCUT2D eigenvalue weighted by Crippen LogP contribution is 2.31. The van der Waals surface area contributed by atoms with Crippen molar-refractivity contribution >= 4 is 23.2 Å². The van der Waals surface area contributed by atoms with Gasteiger partial charge in [-0.1, -0.05) is 31.4 Å². The van der Waals surface area contributed by atoms with Gasteiger partial charge < -0.3 is 11.1 Å². The molecule has 104 valence electrons. The SMILES string of the molecule is CC1CCCC(N)(C(=O)Nc2cc(Cl)ccc2F)C1. The van der Waals surface area contributed by atoms with Gasteiger partial charge in [0, 0.05) is 5.02 Å². The van der Waals surface area contributed by atoms with E-state index in [9.17, 15) is 9.18 Å². The molecule has 0 bridgehead atoms. The fourth-order valence-corrected chi connectivity index (χ4v) is 2.81. The van der Waals surface area contributed by atoms with E-state index in [2.05, 4.69) is 12.2 Å². The molecule has 1 aromatic rings. The highest BCUT2D eigenvalue weighted by atomic mass is 35.5. The van der Waals surface area contributed by atoms with Gasteiger partial charge in [-0.3, -0.25) is 4.79 Å². The third kappa shape index (κ3) is 3.25. The molecule has 0 radical (unpaired) electrons. The molecule has 0 aliphatic heterocycles. The van der Waals surface area contributed by atoms with Gasteiger partial charge in [-0.05, 0) is 37.0 Å². The Hall–Kier alpha value is -1.13. The fourth-order valence-electron chi connectivity index (χ4n) is 2.64. The summed E-state index contributed by atoms with van der Waals surface area (Å²) in [5.41, 5.74) is 5.34. The normalized spacial score (nSPS) is 27.1. The van der Waals surface area contributed by atoms with Crippen molar-refractivity contribution in [2.24, 2.45) is 11.7 Å². The van der Waals surface area contributed by atoms with Crippen molar-refractivity contribution in [2.75, 3.05) is 5.32 Å². The van der Waals surface area contributed by atoms with Crippen molar-refractivity contribution in [1.82, 2.24) is 0 Å². The number of anilines is 1. The molecule has 5 heteroatoms. The maximum Gasteiger partial charge on any atom is 0.244 e. The zero-order valence-electron chi connectivity index (χ0n) is 10.9. The summed E-state index contributed by atoms with van der Waals surface area (Å²) in [7, 11) is 0. The lowest BCUT2D eigenvalue weighted by Crippen LogP contribution is -2.53. The highest BCUT2D eigenvalue weighted by molar-refractivity contribution is 6.30. The summed E-state index contributed by atoms with van der Waals surface area (Å²) in [4.78, 5) is 12.3. The Morgan fingerprint density at radius 3 is 3.00 bits per heavy atom. The van der Waals surface area contributed by atoms with Crippen LogP contribution in [0.2, 0.25) is 5.02 Å². The quantitative estimate of drug-likeness (QED) is 0.875. The van der Waals surface area contributed by atoms with E-state index in [0.29, 0.717) is 23.8 Å². The maximum absolute atomic E-state index is 13.6. The van der Waals surface area contributed by atoms with Crippen LogP contribution in [0.5, 0.6) is 0 Å². The molecule has 0 aromatic heterocycles. The molecule has 1 fully saturated rings. The maximum atomic E-state index is 13.6. The van der Waals surface area contributed by atoms with E-state index in [4.69, 9.17) is 17.3 Å². The molecule has 19 heavy (non-hydrogen) atoms. The first kappa shape index (κ1) is 14.3. The van der Waals surface area contributed by atoms with E-state index < -0.39 is 11.4 Å². The van der Waals surface area contributed by atoms with Crippen molar-refractivity contribution in [3.05, 3.63) is 29.0 Å². The highest BCUT2D eigenvalue weighted by Gasteiger charge is 2.38. The van der Waals surface area contributed by atoms with Crippen molar-refractivity contribution in [2.45, 2.75) is 38.1 Å². The van der Waals surface area contributed by atoms with Gasteiger partial charge in [0.15, 0.2) is 0 Å².